The van der Waals surface area contributed by atoms with E-state index in [0.29, 0.717) is 17.0 Å². The summed E-state index contributed by atoms with van der Waals surface area (Å²) in [5, 5.41) is 6.82. The number of hydrogen-bond acceptors (Lipinski definition) is 3. The Morgan fingerprint density at radius 3 is 3.00 bits per heavy atom. The molecule has 0 saturated carbocycles. The first-order valence-corrected chi connectivity index (χ1v) is 4.18. The van der Waals surface area contributed by atoms with Gasteiger partial charge in [-0.25, -0.2) is 0 Å². The molecule has 0 bridgehead atoms. The van der Waals surface area contributed by atoms with Crippen LogP contribution in [-0.2, 0) is 0 Å². The fourth-order valence-corrected chi connectivity index (χ4v) is 1.44. The van der Waals surface area contributed by atoms with Gasteiger partial charge >= 0.3 is 0 Å². The Labute approximate surface area is 79.9 Å². The molecule has 0 N–H and O–H groups in total. The van der Waals surface area contributed by atoms with Gasteiger partial charge in [-0.1, -0.05) is 24.4 Å². The molecule has 13 heavy (non-hydrogen) atoms. The number of nitrogens with zero attached hydrogens (tertiary/aromatic N) is 3. The van der Waals surface area contributed by atoms with Crippen LogP contribution in [0.25, 0.3) is 0 Å². The Morgan fingerprint density at radius 1 is 1.54 bits per heavy atom. The predicted molar refractivity (Wildman–Crippen MR) is 51.0 cm³/mol. The highest BCUT2D eigenvalue weighted by atomic mass is 32.1. The molecule has 1 aliphatic heterocycles. The first kappa shape index (κ1) is 8.12. The number of rotatable bonds is 1. The van der Waals surface area contributed by atoms with Crippen molar-refractivity contribution in [2.24, 2.45) is 10.3 Å². The summed E-state index contributed by atoms with van der Waals surface area (Å²) in [5.41, 5.74) is 1.17. The van der Waals surface area contributed by atoms with Crippen molar-refractivity contribution in [3.05, 3.63) is 40.6 Å². The maximum Gasteiger partial charge on any atom is 0.258 e. The molecule has 0 aromatic carbocycles. The molecule has 1 heterocycles. The lowest BCUT2D eigenvalue weighted by molar-refractivity contribution is -0.501. The summed E-state index contributed by atoms with van der Waals surface area (Å²) < 4.78 is 0. The fraction of sp³-hybridized carbons (Fsp3) is 0.125. The van der Waals surface area contributed by atoms with E-state index in [-0.39, 0.29) is 0 Å². The summed E-state index contributed by atoms with van der Waals surface area (Å²) in [6, 6.07) is 0. The third kappa shape index (κ3) is 1.38. The van der Waals surface area contributed by atoms with Gasteiger partial charge in [-0.05, 0) is 11.0 Å². The van der Waals surface area contributed by atoms with Crippen molar-refractivity contribution in [1.82, 2.24) is 0 Å². The summed E-state index contributed by atoms with van der Waals surface area (Å²) in [7, 11) is 0. The van der Waals surface area contributed by atoms with Crippen LogP contribution < -0.4 is 0 Å². The quantitative estimate of drug-likeness (QED) is 0.472. The second kappa shape index (κ2) is 3.10. The molecule has 4 nitrogen and oxygen atoms in total. The van der Waals surface area contributed by atoms with Gasteiger partial charge < -0.3 is 0 Å². The van der Waals surface area contributed by atoms with Crippen molar-refractivity contribution >= 4 is 17.1 Å². The van der Waals surface area contributed by atoms with E-state index >= 15 is 0 Å². The topological polar surface area (TPSA) is 44.8 Å². The Hall–Kier alpha value is -1.49. The molecule has 0 aromatic rings. The molecular formula is C8H6N3OS+. The van der Waals surface area contributed by atoms with Crippen LogP contribution in [-0.4, -0.2) is 9.73 Å². The highest BCUT2D eigenvalue weighted by molar-refractivity contribution is 7.80. The van der Waals surface area contributed by atoms with Gasteiger partial charge in [-0.3, -0.25) is 0 Å². The van der Waals surface area contributed by atoms with Crippen LogP contribution in [0.4, 0.5) is 0 Å². The lowest BCUT2D eigenvalue weighted by atomic mass is 10.0. The maximum absolute atomic E-state index is 11.1. The smallest absolute Gasteiger partial charge is 0.0838 e. The number of allylic oxidation sites excluding steroid dienone is 4. The van der Waals surface area contributed by atoms with E-state index in [4.69, 9.17) is 12.2 Å². The fourth-order valence-electron chi connectivity index (χ4n) is 1.17. The number of hydrogen-bond donors (Lipinski definition) is 0. The van der Waals surface area contributed by atoms with Crippen molar-refractivity contribution in [3.8, 4) is 0 Å². The molecule has 0 atom stereocenters. The Balaban J connectivity index is 2.36. The highest BCUT2D eigenvalue weighted by Crippen LogP contribution is 2.22. The van der Waals surface area contributed by atoms with Gasteiger partial charge in [0.1, 0.15) is 4.87 Å². The second-order valence-electron chi connectivity index (χ2n) is 2.63. The van der Waals surface area contributed by atoms with Gasteiger partial charge in [0.05, 0.1) is 5.11 Å². The van der Waals surface area contributed by atoms with Crippen molar-refractivity contribution in [3.63, 3.8) is 0 Å². The van der Waals surface area contributed by atoms with Crippen molar-refractivity contribution in [2.45, 2.75) is 6.42 Å². The average molecular weight is 192 g/mol. The predicted octanol–water partition coefficient (Wildman–Crippen LogP) is 2.24. The van der Waals surface area contributed by atoms with Crippen LogP contribution in [0.5, 0.6) is 0 Å². The molecule has 0 fully saturated rings. The van der Waals surface area contributed by atoms with Crippen LogP contribution in [0, 0.1) is 4.91 Å². The van der Waals surface area contributed by atoms with E-state index in [1.54, 1.807) is 6.08 Å². The normalized spacial score (nSPS) is 20.6. The average Bonchev–Trinajstić information content (AvgIpc) is 2.52. The summed E-state index contributed by atoms with van der Waals surface area (Å²) in [5.74, 6) is 0. The molecular weight excluding hydrogens is 186 g/mol. The molecule has 0 spiro atoms. The van der Waals surface area contributed by atoms with Crippen LogP contribution >= 0.6 is 12.2 Å². The maximum atomic E-state index is 11.1. The standard InChI is InChI=1S/C8H6N3OS/c12-11-7(5-9-10-11)6-3-1-2-4-8(6)13/h1-3,5H,4H2/q+1. The van der Waals surface area contributed by atoms with E-state index in [0.717, 1.165) is 10.4 Å². The van der Waals surface area contributed by atoms with Crippen LogP contribution in [0.15, 0.2) is 46.0 Å². The van der Waals surface area contributed by atoms with Gasteiger partial charge in [0.15, 0.2) is 5.22 Å². The van der Waals surface area contributed by atoms with E-state index in [1.165, 1.54) is 6.20 Å². The molecule has 2 rings (SSSR count). The summed E-state index contributed by atoms with van der Waals surface area (Å²) in [6.07, 6.45) is 7.75. The first-order chi connectivity index (χ1) is 6.29. The minimum Gasteiger partial charge on any atom is -0.0838 e. The largest absolute Gasteiger partial charge is 0.258 e. The third-order valence-corrected chi connectivity index (χ3v) is 2.18. The zero-order valence-electron chi connectivity index (χ0n) is 6.67. The summed E-state index contributed by atoms with van der Waals surface area (Å²) in [4.78, 5) is 12.3. The molecule has 0 unspecified atom stereocenters. The van der Waals surface area contributed by atoms with Gasteiger partial charge in [0.25, 0.3) is 5.70 Å². The number of thiocarbonyl (C=S) groups is 1. The van der Waals surface area contributed by atoms with Crippen LogP contribution in [0.1, 0.15) is 6.42 Å². The summed E-state index contributed by atoms with van der Waals surface area (Å²) >= 11 is 5.11. The van der Waals surface area contributed by atoms with Gasteiger partial charge in [0.2, 0.25) is 6.20 Å². The minimum atomic E-state index is 0.425. The third-order valence-electron chi connectivity index (χ3n) is 1.80. The van der Waals surface area contributed by atoms with Crippen molar-refractivity contribution < 1.29 is 4.87 Å². The SMILES string of the molecule is O=[N+]1N=NC=C1C1=CC=CCC1=S. The molecule has 1 aliphatic carbocycles. The molecule has 0 radical (unpaired) electrons. The first-order valence-electron chi connectivity index (χ1n) is 3.77. The summed E-state index contributed by atoms with van der Waals surface area (Å²) in [6.45, 7) is 0. The minimum absolute atomic E-state index is 0.425. The zero-order valence-corrected chi connectivity index (χ0v) is 7.49. The molecule has 0 amide bonds. The zero-order chi connectivity index (χ0) is 9.26. The monoisotopic (exact) mass is 192 g/mol. The Kier molecular flexibility index (Phi) is 1.94. The van der Waals surface area contributed by atoms with E-state index in [2.05, 4.69) is 10.3 Å². The van der Waals surface area contributed by atoms with Crippen LogP contribution in [0.2, 0.25) is 0 Å². The highest BCUT2D eigenvalue weighted by Gasteiger charge is 2.27. The van der Waals surface area contributed by atoms with Gasteiger partial charge in [-0.15, -0.1) is 0 Å². The van der Waals surface area contributed by atoms with Crippen LogP contribution in [0.3, 0.4) is 0 Å². The molecule has 0 aromatic heterocycles. The van der Waals surface area contributed by atoms with E-state index in [1.807, 2.05) is 12.2 Å². The Morgan fingerprint density at radius 2 is 2.38 bits per heavy atom. The van der Waals surface area contributed by atoms with Gasteiger partial charge in [0, 0.05) is 16.9 Å². The molecule has 5 heteroatoms. The van der Waals surface area contributed by atoms with Gasteiger partial charge in [-0.2, -0.15) is 0 Å². The molecule has 2 aliphatic rings. The number of nitroso groups, excluding NO2 is 1. The molecule has 64 valence electrons. The lowest BCUT2D eigenvalue weighted by Gasteiger charge is -2.05. The Bertz CT molecular complexity index is 404. The molecule has 0 saturated heterocycles. The lowest BCUT2D eigenvalue weighted by Crippen LogP contribution is -2.08. The second-order valence-corrected chi connectivity index (χ2v) is 3.12. The van der Waals surface area contributed by atoms with Crippen molar-refractivity contribution in [1.29, 1.82) is 0 Å². The van der Waals surface area contributed by atoms with Crippen molar-refractivity contribution in [2.75, 3.05) is 0 Å². The van der Waals surface area contributed by atoms with E-state index < -0.39 is 0 Å². The van der Waals surface area contributed by atoms with E-state index in [9.17, 15) is 4.91 Å².